The van der Waals surface area contributed by atoms with Gasteiger partial charge in [0.25, 0.3) is 5.24 Å². The highest BCUT2D eigenvalue weighted by Crippen LogP contribution is 2.26. The van der Waals surface area contributed by atoms with Crippen molar-refractivity contribution in [1.29, 1.82) is 0 Å². The number of nitrogens with zero attached hydrogens (tertiary/aromatic N) is 3. The Bertz CT molecular complexity index is 657. The van der Waals surface area contributed by atoms with Crippen molar-refractivity contribution in [2.24, 2.45) is 0 Å². The molecule has 2 aromatic rings. The first-order valence-electron chi connectivity index (χ1n) is 5.52. The number of hydrogen-bond donors (Lipinski definition) is 0. The normalized spacial score (nSPS) is 16.4. The molecule has 0 aromatic carbocycles. The number of aromatic nitrogens is 2. The molecule has 1 fully saturated rings. The van der Waals surface area contributed by atoms with Crippen molar-refractivity contribution in [3.63, 3.8) is 0 Å². The molecule has 2 aromatic heterocycles. The van der Waals surface area contributed by atoms with Crippen LogP contribution in [0.2, 0.25) is 5.15 Å². The van der Waals surface area contributed by atoms with E-state index in [0.29, 0.717) is 23.2 Å². The van der Waals surface area contributed by atoms with Gasteiger partial charge in [-0.05, 0) is 11.4 Å². The standard InChI is InChI=1S/C11H8ClN3O2S2/c12-9-6-1-3-18-10(6)14-7(13-9)5-15-8(16)2-4-19-11(15)17/h1,3H,2,4-5H2. The van der Waals surface area contributed by atoms with Gasteiger partial charge in [-0.3, -0.25) is 14.5 Å². The molecule has 3 rings (SSSR count). The van der Waals surface area contributed by atoms with Gasteiger partial charge in [0, 0.05) is 17.6 Å². The van der Waals surface area contributed by atoms with Crippen LogP contribution >= 0.6 is 34.7 Å². The summed E-state index contributed by atoms with van der Waals surface area (Å²) in [6.07, 6.45) is 0.366. The van der Waals surface area contributed by atoms with Crippen LogP contribution in [-0.2, 0) is 11.3 Å². The maximum Gasteiger partial charge on any atom is 0.288 e. The van der Waals surface area contributed by atoms with Crippen molar-refractivity contribution < 1.29 is 9.59 Å². The summed E-state index contributed by atoms with van der Waals surface area (Å²) >= 11 is 8.65. The van der Waals surface area contributed by atoms with Crippen LogP contribution in [0.4, 0.5) is 4.79 Å². The lowest BCUT2D eigenvalue weighted by atomic mass is 10.3. The van der Waals surface area contributed by atoms with Crippen LogP contribution in [0, 0.1) is 0 Å². The second kappa shape index (κ2) is 5.07. The van der Waals surface area contributed by atoms with Gasteiger partial charge in [-0.15, -0.1) is 11.3 Å². The minimum atomic E-state index is -0.248. The average molecular weight is 314 g/mol. The Hall–Kier alpha value is -1.18. The first-order chi connectivity index (χ1) is 9.15. The summed E-state index contributed by atoms with van der Waals surface area (Å²) in [6.45, 7) is 0.0816. The van der Waals surface area contributed by atoms with Crippen LogP contribution < -0.4 is 0 Å². The Labute approximate surface area is 122 Å². The Morgan fingerprint density at radius 2 is 2.21 bits per heavy atom. The zero-order valence-corrected chi connectivity index (χ0v) is 12.0. The van der Waals surface area contributed by atoms with E-state index in [1.54, 1.807) is 0 Å². The van der Waals surface area contributed by atoms with Crippen LogP contribution in [0.25, 0.3) is 10.2 Å². The van der Waals surface area contributed by atoms with Crippen molar-refractivity contribution in [3.05, 3.63) is 22.4 Å². The minimum absolute atomic E-state index is 0.0816. The lowest BCUT2D eigenvalue weighted by molar-refractivity contribution is -0.128. The number of imide groups is 1. The van der Waals surface area contributed by atoms with E-state index < -0.39 is 0 Å². The van der Waals surface area contributed by atoms with Gasteiger partial charge in [-0.25, -0.2) is 9.97 Å². The molecule has 5 nitrogen and oxygen atoms in total. The van der Waals surface area contributed by atoms with E-state index in [2.05, 4.69) is 9.97 Å². The molecule has 3 heterocycles. The summed E-state index contributed by atoms with van der Waals surface area (Å²) in [5.74, 6) is 0.749. The molecule has 1 aliphatic rings. The highest BCUT2D eigenvalue weighted by Gasteiger charge is 2.27. The molecular formula is C11H8ClN3O2S2. The fourth-order valence-electron chi connectivity index (χ4n) is 1.77. The van der Waals surface area contributed by atoms with E-state index >= 15 is 0 Å². The molecule has 0 spiro atoms. The number of amides is 2. The van der Waals surface area contributed by atoms with E-state index in [9.17, 15) is 9.59 Å². The molecule has 98 valence electrons. The summed E-state index contributed by atoms with van der Waals surface area (Å²) < 4.78 is 0. The predicted octanol–water partition coefficient (Wildman–Crippen LogP) is 2.93. The molecule has 1 saturated heterocycles. The number of halogens is 1. The Balaban J connectivity index is 1.92. The first-order valence-corrected chi connectivity index (χ1v) is 7.76. The summed E-state index contributed by atoms with van der Waals surface area (Å²) in [6, 6.07) is 1.85. The number of carbonyl (C=O) groups excluding carboxylic acids is 2. The third-order valence-electron chi connectivity index (χ3n) is 2.69. The zero-order chi connectivity index (χ0) is 13.4. The molecule has 0 aliphatic carbocycles. The van der Waals surface area contributed by atoms with Crippen LogP contribution in [0.5, 0.6) is 0 Å². The van der Waals surface area contributed by atoms with Gasteiger partial charge in [0.1, 0.15) is 9.98 Å². The number of hydrogen-bond acceptors (Lipinski definition) is 6. The van der Waals surface area contributed by atoms with E-state index in [-0.39, 0.29) is 17.7 Å². The van der Waals surface area contributed by atoms with Gasteiger partial charge in [-0.1, -0.05) is 23.4 Å². The van der Waals surface area contributed by atoms with Crippen molar-refractivity contribution in [3.8, 4) is 0 Å². The Morgan fingerprint density at radius 1 is 1.37 bits per heavy atom. The fourth-order valence-corrected chi connectivity index (χ4v) is 3.63. The van der Waals surface area contributed by atoms with Crippen LogP contribution in [-0.4, -0.2) is 31.8 Å². The van der Waals surface area contributed by atoms with Crippen LogP contribution in [0.15, 0.2) is 11.4 Å². The number of rotatable bonds is 2. The van der Waals surface area contributed by atoms with Gasteiger partial charge in [-0.2, -0.15) is 0 Å². The van der Waals surface area contributed by atoms with Crippen molar-refractivity contribution >= 4 is 56.1 Å². The predicted molar refractivity (Wildman–Crippen MR) is 75.4 cm³/mol. The lowest BCUT2D eigenvalue weighted by Crippen LogP contribution is -2.37. The van der Waals surface area contributed by atoms with E-state index in [0.717, 1.165) is 22.0 Å². The third kappa shape index (κ3) is 2.45. The summed E-state index contributed by atoms with van der Waals surface area (Å²) in [5, 5.41) is 2.77. The SMILES string of the molecule is O=C1CCSC(=O)N1Cc1nc(Cl)c2ccsc2n1. The van der Waals surface area contributed by atoms with Gasteiger partial charge >= 0.3 is 0 Å². The molecule has 8 heteroatoms. The molecule has 0 atom stereocenters. The fraction of sp³-hybridized carbons (Fsp3) is 0.273. The maximum atomic E-state index is 11.7. The number of fused-ring (bicyclic) bond motifs is 1. The van der Waals surface area contributed by atoms with Crippen molar-refractivity contribution in [2.45, 2.75) is 13.0 Å². The summed E-state index contributed by atoms with van der Waals surface area (Å²) in [7, 11) is 0. The average Bonchev–Trinajstić information content (AvgIpc) is 2.83. The van der Waals surface area contributed by atoms with Crippen molar-refractivity contribution in [1.82, 2.24) is 14.9 Å². The Morgan fingerprint density at radius 3 is 3.00 bits per heavy atom. The molecule has 0 saturated carbocycles. The first kappa shape index (κ1) is 12.8. The second-order valence-electron chi connectivity index (χ2n) is 3.91. The molecular weight excluding hydrogens is 306 g/mol. The molecule has 0 radical (unpaired) electrons. The van der Waals surface area contributed by atoms with E-state index in [4.69, 9.17) is 11.6 Å². The van der Waals surface area contributed by atoms with Gasteiger partial charge < -0.3 is 0 Å². The number of thioether (sulfide) groups is 1. The van der Waals surface area contributed by atoms with E-state index in [1.807, 2.05) is 11.4 Å². The molecule has 19 heavy (non-hydrogen) atoms. The molecule has 0 N–H and O–H groups in total. The maximum absolute atomic E-state index is 11.7. The smallest absolute Gasteiger partial charge is 0.274 e. The topological polar surface area (TPSA) is 63.2 Å². The largest absolute Gasteiger partial charge is 0.288 e. The van der Waals surface area contributed by atoms with Crippen LogP contribution in [0.3, 0.4) is 0 Å². The monoisotopic (exact) mass is 313 g/mol. The summed E-state index contributed by atoms with van der Waals surface area (Å²) in [4.78, 5) is 33.8. The second-order valence-corrected chi connectivity index (χ2v) is 6.21. The van der Waals surface area contributed by atoms with Gasteiger partial charge in [0.15, 0.2) is 5.82 Å². The molecule has 0 unspecified atom stereocenters. The molecule has 0 bridgehead atoms. The highest BCUT2D eigenvalue weighted by molar-refractivity contribution is 8.13. The van der Waals surface area contributed by atoms with Crippen molar-refractivity contribution in [2.75, 3.05) is 5.75 Å². The zero-order valence-electron chi connectivity index (χ0n) is 9.63. The quantitative estimate of drug-likeness (QED) is 0.798. The highest BCUT2D eigenvalue weighted by atomic mass is 35.5. The van der Waals surface area contributed by atoms with E-state index in [1.165, 1.54) is 16.2 Å². The third-order valence-corrected chi connectivity index (χ3v) is 4.66. The minimum Gasteiger partial charge on any atom is -0.274 e. The number of carbonyl (C=O) groups is 2. The Kier molecular flexibility index (Phi) is 3.42. The van der Waals surface area contributed by atoms with Gasteiger partial charge in [0.2, 0.25) is 5.91 Å². The summed E-state index contributed by atoms with van der Waals surface area (Å²) in [5.41, 5.74) is 0. The molecule has 2 amide bonds. The van der Waals surface area contributed by atoms with Crippen LogP contribution in [0.1, 0.15) is 12.2 Å². The molecule has 1 aliphatic heterocycles. The lowest BCUT2D eigenvalue weighted by Gasteiger charge is -2.23. The number of thiophene rings is 1. The van der Waals surface area contributed by atoms with Gasteiger partial charge in [0.05, 0.1) is 6.54 Å².